The van der Waals surface area contributed by atoms with Gasteiger partial charge in [-0.15, -0.1) is 0 Å². The van der Waals surface area contributed by atoms with Gasteiger partial charge in [0.15, 0.2) is 0 Å². The summed E-state index contributed by atoms with van der Waals surface area (Å²) >= 11 is 0. The molecule has 13 heavy (non-hydrogen) atoms. The molecular formula is C10H13F2N. The van der Waals surface area contributed by atoms with E-state index in [2.05, 4.69) is 5.32 Å². The number of benzene rings is 1. The monoisotopic (exact) mass is 185 g/mol. The number of rotatable bonds is 3. The van der Waals surface area contributed by atoms with E-state index in [1.807, 2.05) is 13.8 Å². The Morgan fingerprint density at radius 1 is 1.38 bits per heavy atom. The first-order valence-corrected chi connectivity index (χ1v) is 4.33. The fraction of sp³-hybridized carbons (Fsp3) is 0.400. The summed E-state index contributed by atoms with van der Waals surface area (Å²) in [6, 6.07) is 3.57. The van der Waals surface area contributed by atoms with Crippen LogP contribution < -0.4 is 5.32 Å². The molecule has 0 aliphatic heterocycles. The van der Waals surface area contributed by atoms with Crippen LogP contribution in [0.2, 0.25) is 0 Å². The maximum atomic E-state index is 13.1. The van der Waals surface area contributed by atoms with Crippen molar-refractivity contribution < 1.29 is 8.78 Å². The van der Waals surface area contributed by atoms with Crippen molar-refractivity contribution in [3.63, 3.8) is 0 Å². The van der Waals surface area contributed by atoms with Gasteiger partial charge in [-0.05, 0) is 19.5 Å². The third kappa shape index (κ3) is 2.49. The Morgan fingerprint density at radius 3 is 2.62 bits per heavy atom. The minimum atomic E-state index is -0.537. The van der Waals surface area contributed by atoms with Gasteiger partial charge in [-0.25, -0.2) is 8.78 Å². The van der Waals surface area contributed by atoms with E-state index in [0.29, 0.717) is 5.56 Å². The Hall–Kier alpha value is -0.960. The standard InChI is InChI=1S/C10H13F2N/c1-3-13-7(2)9-5-4-8(11)6-10(9)12/h4-7,13H,3H2,1-2H3. The molecule has 1 N–H and O–H groups in total. The van der Waals surface area contributed by atoms with Crippen LogP contribution in [-0.2, 0) is 0 Å². The van der Waals surface area contributed by atoms with Gasteiger partial charge < -0.3 is 5.32 Å². The van der Waals surface area contributed by atoms with Gasteiger partial charge in [-0.3, -0.25) is 0 Å². The molecule has 1 atom stereocenters. The van der Waals surface area contributed by atoms with Crippen LogP contribution in [0.5, 0.6) is 0 Å². The molecule has 1 aromatic rings. The van der Waals surface area contributed by atoms with Crippen LogP contribution in [0.4, 0.5) is 8.78 Å². The van der Waals surface area contributed by atoms with Crippen molar-refractivity contribution in [2.75, 3.05) is 6.54 Å². The molecule has 0 aliphatic rings. The SMILES string of the molecule is CCNC(C)c1ccc(F)cc1F. The average Bonchev–Trinajstić information content (AvgIpc) is 2.04. The van der Waals surface area contributed by atoms with E-state index in [1.54, 1.807) is 0 Å². The van der Waals surface area contributed by atoms with E-state index in [4.69, 9.17) is 0 Å². The molecule has 0 bridgehead atoms. The van der Waals surface area contributed by atoms with Gasteiger partial charge >= 0.3 is 0 Å². The van der Waals surface area contributed by atoms with Crippen molar-refractivity contribution in [3.05, 3.63) is 35.4 Å². The van der Waals surface area contributed by atoms with Gasteiger partial charge in [0.05, 0.1) is 0 Å². The van der Waals surface area contributed by atoms with E-state index in [0.717, 1.165) is 12.6 Å². The molecule has 0 heterocycles. The second-order valence-corrected chi connectivity index (χ2v) is 2.95. The predicted molar refractivity (Wildman–Crippen MR) is 48.4 cm³/mol. The zero-order valence-corrected chi connectivity index (χ0v) is 7.77. The molecule has 3 heteroatoms. The van der Waals surface area contributed by atoms with Crippen molar-refractivity contribution in [2.45, 2.75) is 19.9 Å². The van der Waals surface area contributed by atoms with Gasteiger partial charge in [0, 0.05) is 17.7 Å². The molecule has 1 unspecified atom stereocenters. The molecule has 72 valence electrons. The Balaban J connectivity index is 2.88. The molecule has 0 spiro atoms. The average molecular weight is 185 g/mol. The van der Waals surface area contributed by atoms with Crippen LogP contribution in [0.15, 0.2) is 18.2 Å². The lowest BCUT2D eigenvalue weighted by Gasteiger charge is -2.13. The molecule has 0 radical (unpaired) electrons. The van der Waals surface area contributed by atoms with Crippen LogP contribution >= 0.6 is 0 Å². The predicted octanol–water partition coefficient (Wildman–Crippen LogP) is 2.64. The summed E-state index contributed by atoms with van der Waals surface area (Å²) in [6.45, 7) is 4.55. The zero-order valence-electron chi connectivity index (χ0n) is 7.77. The summed E-state index contributed by atoms with van der Waals surface area (Å²) in [6.07, 6.45) is 0. The Labute approximate surface area is 76.8 Å². The molecule has 0 amide bonds. The van der Waals surface area contributed by atoms with Gasteiger partial charge in [0.2, 0.25) is 0 Å². The highest BCUT2D eigenvalue weighted by Gasteiger charge is 2.09. The second kappa shape index (κ2) is 4.33. The van der Waals surface area contributed by atoms with Crippen molar-refractivity contribution in [1.82, 2.24) is 5.32 Å². The number of hydrogen-bond donors (Lipinski definition) is 1. The molecule has 0 aliphatic carbocycles. The van der Waals surface area contributed by atoms with Gasteiger partial charge in [0.25, 0.3) is 0 Å². The second-order valence-electron chi connectivity index (χ2n) is 2.95. The molecule has 0 saturated carbocycles. The molecule has 1 rings (SSSR count). The van der Waals surface area contributed by atoms with Gasteiger partial charge in [-0.2, -0.15) is 0 Å². The number of halogens is 2. The summed E-state index contributed by atoms with van der Waals surface area (Å²) < 4.78 is 25.7. The van der Waals surface area contributed by atoms with Crippen LogP contribution in [-0.4, -0.2) is 6.54 Å². The maximum absolute atomic E-state index is 13.1. The smallest absolute Gasteiger partial charge is 0.130 e. The van der Waals surface area contributed by atoms with Gasteiger partial charge in [0.1, 0.15) is 11.6 Å². The lowest BCUT2D eigenvalue weighted by Crippen LogP contribution is -2.18. The quantitative estimate of drug-likeness (QED) is 0.763. The maximum Gasteiger partial charge on any atom is 0.130 e. The first kappa shape index (κ1) is 10.1. The van der Waals surface area contributed by atoms with E-state index >= 15 is 0 Å². The third-order valence-corrected chi connectivity index (χ3v) is 1.94. The van der Waals surface area contributed by atoms with Crippen molar-refractivity contribution in [1.29, 1.82) is 0 Å². The van der Waals surface area contributed by atoms with E-state index < -0.39 is 11.6 Å². The fourth-order valence-electron chi connectivity index (χ4n) is 1.27. The minimum Gasteiger partial charge on any atom is -0.310 e. The molecule has 0 aromatic heterocycles. The largest absolute Gasteiger partial charge is 0.310 e. The Kier molecular flexibility index (Phi) is 3.37. The fourth-order valence-corrected chi connectivity index (χ4v) is 1.27. The first-order valence-electron chi connectivity index (χ1n) is 4.33. The highest BCUT2D eigenvalue weighted by molar-refractivity contribution is 5.21. The van der Waals surface area contributed by atoms with Crippen molar-refractivity contribution >= 4 is 0 Å². The minimum absolute atomic E-state index is 0.0781. The van der Waals surface area contributed by atoms with E-state index in [-0.39, 0.29) is 6.04 Å². The highest BCUT2D eigenvalue weighted by Crippen LogP contribution is 2.17. The summed E-state index contributed by atoms with van der Waals surface area (Å²) in [5.41, 5.74) is 0.503. The highest BCUT2D eigenvalue weighted by atomic mass is 19.1. The Bertz CT molecular complexity index is 286. The van der Waals surface area contributed by atoms with E-state index in [9.17, 15) is 8.78 Å². The molecule has 1 nitrogen and oxygen atoms in total. The van der Waals surface area contributed by atoms with Gasteiger partial charge in [-0.1, -0.05) is 13.0 Å². The molecular weight excluding hydrogens is 172 g/mol. The summed E-state index contributed by atoms with van der Waals surface area (Å²) in [4.78, 5) is 0. The lowest BCUT2D eigenvalue weighted by atomic mass is 10.1. The van der Waals surface area contributed by atoms with Crippen LogP contribution in [0.25, 0.3) is 0 Å². The zero-order chi connectivity index (χ0) is 9.84. The lowest BCUT2D eigenvalue weighted by molar-refractivity contribution is 0.527. The summed E-state index contributed by atoms with van der Waals surface area (Å²) in [5.74, 6) is -1.03. The van der Waals surface area contributed by atoms with Crippen LogP contribution in [0, 0.1) is 11.6 Å². The topological polar surface area (TPSA) is 12.0 Å². The molecule has 0 fully saturated rings. The first-order chi connectivity index (χ1) is 6.15. The Morgan fingerprint density at radius 2 is 2.08 bits per heavy atom. The van der Waals surface area contributed by atoms with Crippen molar-refractivity contribution in [3.8, 4) is 0 Å². The normalized spacial score (nSPS) is 12.9. The third-order valence-electron chi connectivity index (χ3n) is 1.94. The van der Waals surface area contributed by atoms with Crippen LogP contribution in [0.3, 0.4) is 0 Å². The van der Waals surface area contributed by atoms with Crippen LogP contribution in [0.1, 0.15) is 25.5 Å². The summed E-state index contributed by atoms with van der Waals surface area (Å²) in [5, 5.41) is 3.06. The number of hydrogen-bond acceptors (Lipinski definition) is 1. The summed E-state index contributed by atoms with van der Waals surface area (Å²) in [7, 11) is 0. The van der Waals surface area contributed by atoms with Crippen molar-refractivity contribution in [2.24, 2.45) is 0 Å². The number of nitrogens with one attached hydrogen (secondary N) is 1. The molecule has 0 saturated heterocycles. The molecule has 1 aromatic carbocycles. The van der Waals surface area contributed by atoms with E-state index in [1.165, 1.54) is 12.1 Å².